The molecule has 0 saturated heterocycles. The van der Waals surface area contributed by atoms with Crippen LogP contribution < -0.4 is 4.74 Å². The highest BCUT2D eigenvalue weighted by Gasteiger charge is 2.01. The van der Waals surface area contributed by atoms with Gasteiger partial charge in [-0.2, -0.15) is 0 Å². The van der Waals surface area contributed by atoms with Crippen LogP contribution in [0.2, 0.25) is 0 Å². The fraction of sp³-hybridized carbons (Fsp3) is 0.571. The van der Waals surface area contributed by atoms with Gasteiger partial charge >= 0.3 is 0 Å². The van der Waals surface area contributed by atoms with Gasteiger partial charge in [0.1, 0.15) is 5.75 Å². The minimum absolute atomic E-state index is 0.847. The van der Waals surface area contributed by atoms with Crippen LogP contribution in [0, 0.1) is 0 Å². The molecule has 15 heavy (non-hydrogen) atoms. The van der Waals surface area contributed by atoms with Crippen LogP contribution in [-0.4, -0.2) is 6.61 Å². The van der Waals surface area contributed by atoms with E-state index in [0.29, 0.717) is 0 Å². The first kappa shape index (κ1) is 12.1. The van der Waals surface area contributed by atoms with Crippen LogP contribution in [0.4, 0.5) is 0 Å². The van der Waals surface area contributed by atoms with Gasteiger partial charge in [0.05, 0.1) is 6.61 Å². The Kier molecular flexibility index (Phi) is 5.91. The van der Waals surface area contributed by atoms with Crippen LogP contribution >= 0.6 is 0 Å². The van der Waals surface area contributed by atoms with Crippen molar-refractivity contribution < 1.29 is 4.74 Å². The summed E-state index contributed by atoms with van der Waals surface area (Å²) in [4.78, 5) is 0. The lowest BCUT2D eigenvalue weighted by atomic mass is 10.1. The molecule has 0 aliphatic heterocycles. The molecule has 0 aliphatic carbocycles. The predicted octanol–water partition coefficient (Wildman–Crippen LogP) is 4.21. The highest BCUT2D eigenvalue weighted by atomic mass is 16.5. The number of benzene rings is 1. The van der Waals surface area contributed by atoms with Crippen LogP contribution in [-0.2, 0) is 6.42 Å². The zero-order chi connectivity index (χ0) is 10.9. The van der Waals surface area contributed by atoms with Crippen molar-refractivity contribution in [2.45, 2.75) is 46.0 Å². The van der Waals surface area contributed by atoms with E-state index in [1.165, 1.54) is 24.8 Å². The maximum absolute atomic E-state index is 5.77. The molecule has 0 unspecified atom stereocenters. The van der Waals surface area contributed by atoms with Gasteiger partial charge in [0, 0.05) is 0 Å². The number of ether oxygens (including phenoxy) is 1. The highest BCUT2D eigenvalue weighted by molar-refractivity contribution is 5.33. The molecule has 1 aromatic carbocycles. The van der Waals surface area contributed by atoms with Gasteiger partial charge in [-0.15, -0.1) is 0 Å². The largest absolute Gasteiger partial charge is 0.493 e. The molecule has 0 aromatic heterocycles. The van der Waals surface area contributed by atoms with E-state index in [1.54, 1.807) is 0 Å². The monoisotopic (exact) mass is 206 g/mol. The first-order chi connectivity index (χ1) is 7.38. The van der Waals surface area contributed by atoms with Crippen molar-refractivity contribution in [3.05, 3.63) is 29.8 Å². The summed E-state index contributed by atoms with van der Waals surface area (Å²) >= 11 is 0. The Balaban J connectivity index is 2.52. The molecule has 0 heterocycles. The standard InChI is InChI=1S/C14H22O/c1-3-5-9-13-10-7-8-11-14(13)15-12-6-4-2/h7-8,10-11H,3-6,9,12H2,1-2H3. The van der Waals surface area contributed by atoms with Crippen molar-refractivity contribution >= 4 is 0 Å². The van der Waals surface area contributed by atoms with Gasteiger partial charge in [-0.3, -0.25) is 0 Å². The van der Waals surface area contributed by atoms with Crippen molar-refractivity contribution in [3.8, 4) is 5.75 Å². The zero-order valence-electron chi connectivity index (χ0n) is 9.96. The molecule has 0 atom stereocenters. The number of hydrogen-bond acceptors (Lipinski definition) is 1. The number of unbranched alkanes of at least 4 members (excludes halogenated alkanes) is 2. The first-order valence-corrected chi connectivity index (χ1v) is 6.09. The van der Waals surface area contributed by atoms with Gasteiger partial charge in [-0.25, -0.2) is 0 Å². The molecule has 1 aromatic rings. The first-order valence-electron chi connectivity index (χ1n) is 6.09. The molecule has 0 spiro atoms. The van der Waals surface area contributed by atoms with E-state index in [9.17, 15) is 0 Å². The van der Waals surface area contributed by atoms with Gasteiger partial charge in [-0.05, 0) is 30.9 Å². The Morgan fingerprint density at radius 1 is 1.00 bits per heavy atom. The van der Waals surface area contributed by atoms with Crippen LogP contribution in [0.1, 0.15) is 45.1 Å². The third-order valence-corrected chi connectivity index (χ3v) is 2.53. The van der Waals surface area contributed by atoms with Crippen molar-refractivity contribution in [3.63, 3.8) is 0 Å². The zero-order valence-corrected chi connectivity index (χ0v) is 9.96. The minimum atomic E-state index is 0.847. The Bertz CT molecular complexity index is 268. The van der Waals surface area contributed by atoms with E-state index in [2.05, 4.69) is 38.1 Å². The van der Waals surface area contributed by atoms with Gasteiger partial charge < -0.3 is 4.74 Å². The van der Waals surface area contributed by atoms with E-state index in [0.717, 1.165) is 25.2 Å². The second-order valence-electron chi connectivity index (χ2n) is 3.91. The van der Waals surface area contributed by atoms with Crippen LogP contribution in [0.15, 0.2) is 24.3 Å². The average molecular weight is 206 g/mol. The molecule has 0 aliphatic rings. The Morgan fingerprint density at radius 3 is 2.47 bits per heavy atom. The molecule has 0 radical (unpaired) electrons. The lowest BCUT2D eigenvalue weighted by molar-refractivity contribution is 0.306. The fourth-order valence-electron chi connectivity index (χ4n) is 1.54. The summed E-state index contributed by atoms with van der Waals surface area (Å²) in [5.41, 5.74) is 1.36. The summed E-state index contributed by atoms with van der Waals surface area (Å²) < 4.78 is 5.77. The SMILES string of the molecule is CCCCOc1ccccc1CCCC. The van der Waals surface area contributed by atoms with Crippen LogP contribution in [0.3, 0.4) is 0 Å². The number of rotatable bonds is 7. The molecule has 1 rings (SSSR count). The smallest absolute Gasteiger partial charge is 0.122 e. The van der Waals surface area contributed by atoms with Gasteiger partial charge in [-0.1, -0.05) is 44.9 Å². The van der Waals surface area contributed by atoms with Crippen LogP contribution in [0.5, 0.6) is 5.75 Å². The number of aryl methyl sites for hydroxylation is 1. The van der Waals surface area contributed by atoms with E-state index in [4.69, 9.17) is 4.74 Å². The topological polar surface area (TPSA) is 9.23 Å². The number of para-hydroxylation sites is 1. The van der Waals surface area contributed by atoms with Crippen molar-refractivity contribution in [1.29, 1.82) is 0 Å². The molecular weight excluding hydrogens is 184 g/mol. The molecular formula is C14H22O. The Morgan fingerprint density at radius 2 is 1.73 bits per heavy atom. The van der Waals surface area contributed by atoms with E-state index < -0.39 is 0 Å². The molecule has 0 amide bonds. The maximum atomic E-state index is 5.77. The summed E-state index contributed by atoms with van der Waals surface area (Å²) in [6, 6.07) is 8.41. The maximum Gasteiger partial charge on any atom is 0.122 e. The fourth-order valence-corrected chi connectivity index (χ4v) is 1.54. The quantitative estimate of drug-likeness (QED) is 0.607. The normalized spacial score (nSPS) is 10.3. The van der Waals surface area contributed by atoms with Gasteiger partial charge in [0.2, 0.25) is 0 Å². The lowest BCUT2D eigenvalue weighted by Gasteiger charge is -2.10. The molecule has 0 fully saturated rings. The molecule has 1 heteroatoms. The second kappa shape index (κ2) is 7.33. The van der Waals surface area contributed by atoms with Crippen molar-refractivity contribution in [2.75, 3.05) is 6.61 Å². The average Bonchev–Trinajstić information content (AvgIpc) is 2.28. The Labute approximate surface area is 93.5 Å². The third kappa shape index (κ3) is 4.37. The molecule has 0 bridgehead atoms. The summed E-state index contributed by atoms with van der Waals surface area (Å²) in [5, 5.41) is 0. The van der Waals surface area contributed by atoms with Gasteiger partial charge in [0.15, 0.2) is 0 Å². The molecule has 0 saturated carbocycles. The van der Waals surface area contributed by atoms with Crippen LogP contribution in [0.25, 0.3) is 0 Å². The minimum Gasteiger partial charge on any atom is -0.493 e. The number of hydrogen-bond donors (Lipinski definition) is 0. The summed E-state index contributed by atoms with van der Waals surface area (Å²) in [7, 11) is 0. The Hall–Kier alpha value is -0.980. The van der Waals surface area contributed by atoms with E-state index in [-0.39, 0.29) is 0 Å². The van der Waals surface area contributed by atoms with E-state index >= 15 is 0 Å². The highest BCUT2D eigenvalue weighted by Crippen LogP contribution is 2.20. The lowest BCUT2D eigenvalue weighted by Crippen LogP contribution is -1.99. The predicted molar refractivity (Wildman–Crippen MR) is 65.5 cm³/mol. The van der Waals surface area contributed by atoms with Gasteiger partial charge in [0.25, 0.3) is 0 Å². The molecule has 1 nitrogen and oxygen atoms in total. The van der Waals surface area contributed by atoms with Crippen molar-refractivity contribution in [1.82, 2.24) is 0 Å². The summed E-state index contributed by atoms with van der Waals surface area (Å²) in [6.45, 7) is 5.26. The van der Waals surface area contributed by atoms with Crippen molar-refractivity contribution in [2.24, 2.45) is 0 Å². The second-order valence-corrected chi connectivity index (χ2v) is 3.91. The molecule has 0 N–H and O–H groups in total. The summed E-state index contributed by atoms with van der Waals surface area (Å²) in [5.74, 6) is 1.08. The third-order valence-electron chi connectivity index (χ3n) is 2.53. The van der Waals surface area contributed by atoms with E-state index in [1.807, 2.05) is 0 Å². The molecule has 84 valence electrons. The summed E-state index contributed by atoms with van der Waals surface area (Å²) in [6.07, 6.45) is 5.95.